The summed E-state index contributed by atoms with van der Waals surface area (Å²) >= 11 is 1.34. The molecule has 140 valence electrons. The topological polar surface area (TPSA) is 85.6 Å². The molecule has 0 saturated carbocycles. The third kappa shape index (κ3) is 4.01. The number of amides is 1. The predicted octanol–water partition coefficient (Wildman–Crippen LogP) is 3.17. The SMILES string of the molecule is CSc1nnc(NC(=O)Cc2cn(Cc3ccccc3)c3ccccc23)nn1. The van der Waals surface area contributed by atoms with Gasteiger partial charge in [0.2, 0.25) is 11.1 Å². The van der Waals surface area contributed by atoms with Crippen LogP contribution in [0.15, 0.2) is 66.0 Å². The molecule has 0 spiro atoms. The Kier molecular flexibility index (Phi) is 5.29. The highest BCUT2D eigenvalue weighted by Crippen LogP contribution is 2.23. The third-order valence-corrected chi connectivity index (χ3v) is 4.84. The molecule has 2 heterocycles. The smallest absolute Gasteiger partial charge is 0.268 e. The summed E-state index contributed by atoms with van der Waals surface area (Å²) in [6.45, 7) is 0.746. The number of thioether (sulfide) groups is 1. The number of carbonyl (C=O) groups excluding carboxylic acids is 1. The molecule has 0 fully saturated rings. The van der Waals surface area contributed by atoms with E-state index in [1.165, 1.54) is 17.3 Å². The Morgan fingerprint density at radius 1 is 1.00 bits per heavy atom. The first-order chi connectivity index (χ1) is 13.7. The summed E-state index contributed by atoms with van der Waals surface area (Å²) in [6.07, 6.45) is 4.09. The van der Waals surface area contributed by atoms with Crippen molar-refractivity contribution >= 4 is 34.5 Å². The molecule has 0 saturated heterocycles. The van der Waals surface area contributed by atoms with E-state index in [0.717, 1.165) is 23.0 Å². The number of hydrogen-bond donors (Lipinski definition) is 1. The summed E-state index contributed by atoms with van der Waals surface area (Å²) < 4.78 is 2.17. The van der Waals surface area contributed by atoms with Crippen LogP contribution in [0.1, 0.15) is 11.1 Å². The van der Waals surface area contributed by atoms with Crippen LogP contribution in [0, 0.1) is 0 Å². The lowest BCUT2D eigenvalue weighted by Gasteiger charge is -2.05. The Morgan fingerprint density at radius 2 is 1.71 bits per heavy atom. The minimum Gasteiger partial charge on any atom is -0.343 e. The molecule has 2 aromatic carbocycles. The number of para-hydroxylation sites is 1. The zero-order chi connectivity index (χ0) is 19.3. The maximum absolute atomic E-state index is 12.5. The van der Waals surface area contributed by atoms with Crippen molar-refractivity contribution in [1.29, 1.82) is 0 Å². The summed E-state index contributed by atoms with van der Waals surface area (Å²) in [5.74, 6) is -0.0982. The maximum Gasteiger partial charge on any atom is 0.268 e. The molecule has 4 rings (SSSR count). The van der Waals surface area contributed by atoms with Gasteiger partial charge in [-0.3, -0.25) is 10.1 Å². The zero-order valence-corrected chi connectivity index (χ0v) is 16.1. The molecule has 1 N–H and O–H groups in total. The first-order valence-corrected chi connectivity index (χ1v) is 9.97. The van der Waals surface area contributed by atoms with Crippen LogP contribution in [0.5, 0.6) is 0 Å². The average Bonchev–Trinajstić information content (AvgIpc) is 3.06. The molecule has 7 nitrogen and oxygen atoms in total. The zero-order valence-electron chi connectivity index (χ0n) is 15.2. The number of rotatable bonds is 6. The van der Waals surface area contributed by atoms with Crippen molar-refractivity contribution in [2.24, 2.45) is 0 Å². The fraction of sp³-hybridized carbons (Fsp3) is 0.150. The Labute approximate surface area is 166 Å². The second-order valence-electron chi connectivity index (χ2n) is 6.22. The monoisotopic (exact) mass is 390 g/mol. The van der Waals surface area contributed by atoms with E-state index in [1.807, 2.05) is 48.9 Å². The van der Waals surface area contributed by atoms with Gasteiger partial charge in [0, 0.05) is 23.6 Å². The van der Waals surface area contributed by atoms with Crippen LogP contribution in [-0.2, 0) is 17.8 Å². The van der Waals surface area contributed by atoms with Crippen molar-refractivity contribution in [3.05, 3.63) is 71.9 Å². The van der Waals surface area contributed by atoms with E-state index in [0.29, 0.717) is 5.16 Å². The quantitative estimate of drug-likeness (QED) is 0.509. The molecule has 0 radical (unpaired) electrons. The number of hydrogen-bond acceptors (Lipinski definition) is 6. The van der Waals surface area contributed by atoms with Crippen LogP contribution in [0.4, 0.5) is 5.95 Å². The summed E-state index contributed by atoms with van der Waals surface area (Å²) in [7, 11) is 0. The number of benzene rings is 2. The number of anilines is 1. The average molecular weight is 390 g/mol. The van der Waals surface area contributed by atoms with Crippen molar-refractivity contribution in [1.82, 2.24) is 25.0 Å². The molecule has 0 aliphatic rings. The molecule has 0 aliphatic carbocycles. The van der Waals surface area contributed by atoms with Gasteiger partial charge in [-0.05, 0) is 23.4 Å². The predicted molar refractivity (Wildman–Crippen MR) is 109 cm³/mol. The van der Waals surface area contributed by atoms with E-state index < -0.39 is 0 Å². The normalized spacial score (nSPS) is 10.9. The molecule has 0 aliphatic heterocycles. The van der Waals surface area contributed by atoms with Gasteiger partial charge in [-0.1, -0.05) is 60.3 Å². The summed E-state index contributed by atoms with van der Waals surface area (Å²) in [6, 6.07) is 18.3. The van der Waals surface area contributed by atoms with Crippen LogP contribution in [0.2, 0.25) is 0 Å². The fourth-order valence-electron chi connectivity index (χ4n) is 3.07. The van der Waals surface area contributed by atoms with Gasteiger partial charge in [0.25, 0.3) is 5.95 Å². The Morgan fingerprint density at radius 3 is 2.46 bits per heavy atom. The van der Waals surface area contributed by atoms with E-state index in [2.05, 4.69) is 48.5 Å². The largest absolute Gasteiger partial charge is 0.343 e. The van der Waals surface area contributed by atoms with Gasteiger partial charge in [-0.25, -0.2) is 0 Å². The minimum absolute atomic E-state index is 0.107. The van der Waals surface area contributed by atoms with Gasteiger partial charge >= 0.3 is 0 Å². The lowest BCUT2D eigenvalue weighted by Crippen LogP contribution is -2.17. The molecule has 0 bridgehead atoms. The second-order valence-corrected chi connectivity index (χ2v) is 6.99. The van der Waals surface area contributed by atoms with Crippen LogP contribution in [0.3, 0.4) is 0 Å². The maximum atomic E-state index is 12.5. The lowest BCUT2D eigenvalue weighted by atomic mass is 10.1. The van der Waals surface area contributed by atoms with Gasteiger partial charge in [-0.15, -0.1) is 20.4 Å². The first kappa shape index (κ1) is 18.1. The molecule has 1 amide bonds. The van der Waals surface area contributed by atoms with Crippen LogP contribution >= 0.6 is 11.8 Å². The highest BCUT2D eigenvalue weighted by Gasteiger charge is 2.13. The number of carbonyl (C=O) groups is 1. The van der Waals surface area contributed by atoms with Crippen molar-refractivity contribution in [3.8, 4) is 0 Å². The molecular weight excluding hydrogens is 372 g/mol. The minimum atomic E-state index is -0.205. The standard InChI is InChI=1S/C20H18N6OS/c1-28-20-24-22-19(23-25-20)21-18(27)11-15-13-26(12-14-7-3-2-4-8-14)17-10-6-5-9-16(15)17/h2-10,13H,11-12H2,1H3,(H,21,22,23,27). The number of fused-ring (bicyclic) bond motifs is 1. The lowest BCUT2D eigenvalue weighted by molar-refractivity contribution is -0.115. The Balaban J connectivity index is 1.55. The molecular formula is C20H18N6OS. The van der Waals surface area contributed by atoms with Crippen molar-refractivity contribution in [2.45, 2.75) is 18.1 Å². The molecule has 28 heavy (non-hydrogen) atoms. The van der Waals surface area contributed by atoms with E-state index in [4.69, 9.17) is 0 Å². The number of aromatic nitrogens is 5. The Hall–Kier alpha value is -3.26. The summed E-state index contributed by atoms with van der Waals surface area (Å²) in [5, 5.41) is 19.7. The van der Waals surface area contributed by atoms with Gasteiger partial charge in [0.05, 0.1) is 6.42 Å². The Bertz CT molecular complexity index is 1090. The first-order valence-electron chi connectivity index (χ1n) is 8.75. The molecule has 0 unspecified atom stereocenters. The van der Waals surface area contributed by atoms with E-state index in [1.54, 1.807) is 0 Å². The van der Waals surface area contributed by atoms with Gasteiger partial charge < -0.3 is 4.57 Å². The second kappa shape index (κ2) is 8.18. The van der Waals surface area contributed by atoms with Crippen molar-refractivity contribution in [3.63, 3.8) is 0 Å². The molecule has 4 aromatic rings. The number of nitrogens with zero attached hydrogens (tertiary/aromatic N) is 5. The highest BCUT2D eigenvalue weighted by atomic mass is 32.2. The van der Waals surface area contributed by atoms with Crippen LogP contribution in [0.25, 0.3) is 10.9 Å². The van der Waals surface area contributed by atoms with E-state index in [-0.39, 0.29) is 18.3 Å². The molecule has 2 aromatic heterocycles. The summed E-state index contributed by atoms with van der Waals surface area (Å²) in [4.78, 5) is 12.5. The third-order valence-electron chi connectivity index (χ3n) is 4.31. The fourth-order valence-corrected chi connectivity index (χ4v) is 3.31. The van der Waals surface area contributed by atoms with Crippen LogP contribution < -0.4 is 5.32 Å². The summed E-state index contributed by atoms with van der Waals surface area (Å²) in [5.41, 5.74) is 3.25. The van der Waals surface area contributed by atoms with Crippen molar-refractivity contribution in [2.75, 3.05) is 11.6 Å². The van der Waals surface area contributed by atoms with E-state index >= 15 is 0 Å². The molecule has 8 heteroatoms. The molecule has 0 atom stereocenters. The van der Waals surface area contributed by atoms with Crippen molar-refractivity contribution < 1.29 is 4.79 Å². The van der Waals surface area contributed by atoms with Gasteiger partial charge in [-0.2, -0.15) is 0 Å². The number of nitrogens with one attached hydrogen (secondary N) is 1. The van der Waals surface area contributed by atoms with Crippen LogP contribution in [-0.4, -0.2) is 37.1 Å². The highest BCUT2D eigenvalue weighted by molar-refractivity contribution is 7.98. The van der Waals surface area contributed by atoms with Gasteiger partial charge in [0.1, 0.15) is 0 Å². The van der Waals surface area contributed by atoms with Gasteiger partial charge in [0.15, 0.2) is 0 Å². The van der Waals surface area contributed by atoms with E-state index in [9.17, 15) is 4.79 Å².